The first-order chi connectivity index (χ1) is 8.28. The van der Waals surface area contributed by atoms with E-state index in [-0.39, 0.29) is 0 Å². The minimum absolute atomic E-state index is 0.772. The van der Waals surface area contributed by atoms with Crippen molar-refractivity contribution in [2.75, 3.05) is 11.9 Å². The zero-order valence-corrected chi connectivity index (χ0v) is 11.3. The second-order valence-electron chi connectivity index (χ2n) is 3.30. The fraction of sp³-hybridized carbons (Fsp3) is 0.400. The van der Waals surface area contributed by atoms with E-state index in [4.69, 9.17) is 0 Å². The van der Waals surface area contributed by atoms with Crippen LogP contribution in [0, 0.1) is 6.92 Å². The van der Waals surface area contributed by atoms with Crippen LogP contribution in [0.2, 0.25) is 0 Å². The van der Waals surface area contributed by atoms with Gasteiger partial charge in [-0.1, -0.05) is 23.1 Å². The lowest BCUT2D eigenvalue weighted by molar-refractivity contribution is 0.982. The summed E-state index contributed by atoms with van der Waals surface area (Å²) in [5.41, 5.74) is 0.949. The molecule has 90 valence electrons. The van der Waals surface area contributed by atoms with Crippen molar-refractivity contribution in [1.29, 1.82) is 0 Å². The van der Waals surface area contributed by atoms with E-state index >= 15 is 0 Å². The SMILES string of the molecule is CCNc1cnc(CSc2nnc(C)s2)cn1. The molecule has 0 aliphatic rings. The first-order valence-electron chi connectivity index (χ1n) is 5.25. The first kappa shape index (κ1) is 12.3. The molecule has 2 aromatic rings. The van der Waals surface area contributed by atoms with Crippen molar-refractivity contribution in [1.82, 2.24) is 20.2 Å². The van der Waals surface area contributed by atoms with Gasteiger partial charge in [-0.15, -0.1) is 10.2 Å². The minimum atomic E-state index is 0.772. The number of rotatable bonds is 5. The number of hydrogen-bond donors (Lipinski definition) is 1. The topological polar surface area (TPSA) is 63.6 Å². The summed E-state index contributed by atoms with van der Waals surface area (Å²) in [5.74, 6) is 1.58. The van der Waals surface area contributed by atoms with Gasteiger partial charge in [0.25, 0.3) is 0 Å². The predicted octanol–water partition coefficient (Wildman–Crippen LogP) is 2.36. The molecule has 0 unspecified atom stereocenters. The van der Waals surface area contributed by atoms with E-state index in [1.165, 1.54) is 0 Å². The van der Waals surface area contributed by atoms with Crippen LogP contribution in [0.3, 0.4) is 0 Å². The van der Waals surface area contributed by atoms with Crippen molar-refractivity contribution >= 4 is 28.9 Å². The van der Waals surface area contributed by atoms with E-state index in [2.05, 4.69) is 25.5 Å². The summed E-state index contributed by atoms with van der Waals surface area (Å²) >= 11 is 3.23. The van der Waals surface area contributed by atoms with Crippen LogP contribution in [0.25, 0.3) is 0 Å². The maximum absolute atomic E-state index is 4.33. The molecule has 0 saturated heterocycles. The average Bonchev–Trinajstić information content (AvgIpc) is 2.75. The largest absolute Gasteiger partial charge is 0.369 e. The maximum Gasteiger partial charge on any atom is 0.174 e. The van der Waals surface area contributed by atoms with Crippen molar-refractivity contribution in [2.24, 2.45) is 0 Å². The average molecular weight is 267 g/mol. The Hall–Kier alpha value is -1.21. The lowest BCUT2D eigenvalue weighted by atomic mass is 10.5. The second kappa shape index (κ2) is 5.92. The first-order valence-corrected chi connectivity index (χ1v) is 7.06. The van der Waals surface area contributed by atoms with Gasteiger partial charge in [-0.05, 0) is 13.8 Å². The zero-order valence-electron chi connectivity index (χ0n) is 9.67. The van der Waals surface area contributed by atoms with Gasteiger partial charge in [0.2, 0.25) is 0 Å². The Balaban J connectivity index is 1.90. The molecule has 0 atom stereocenters. The molecule has 1 N–H and O–H groups in total. The Morgan fingerprint density at radius 2 is 2.18 bits per heavy atom. The second-order valence-corrected chi connectivity index (χ2v) is 5.70. The van der Waals surface area contributed by atoms with Crippen molar-refractivity contribution in [3.63, 3.8) is 0 Å². The van der Waals surface area contributed by atoms with Gasteiger partial charge in [-0.25, -0.2) is 4.98 Å². The van der Waals surface area contributed by atoms with E-state index in [1.54, 1.807) is 35.5 Å². The summed E-state index contributed by atoms with van der Waals surface area (Å²) in [6.45, 7) is 4.84. The highest BCUT2D eigenvalue weighted by atomic mass is 32.2. The minimum Gasteiger partial charge on any atom is -0.369 e. The van der Waals surface area contributed by atoms with Crippen LogP contribution in [-0.2, 0) is 5.75 Å². The number of aromatic nitrogens is 4. The summed E-state index contributed by atoms with van der Waals surface area (Å²) in [5, 5.41) is 12.1. The number of hydrogen-bond acceptors (Lipinski definition) is 7. The Morgan fingerprint density at radius 1 is 1.29 bits per heavy atom. The van der Waals surface area contributed by atoms with Gasteiger partial charge < -0.3 is 5.32 Å². The van der Waals surface area contributed by atoms with Gasteiger partial charge in [0, 0.05) is 12.3 Å². The van der Waals surface area contributed by atoms with Crippen LogP contribution >= 0.6 is 23.1 Å². The highest BCUT2D eigenvalue weighted by molar-refractivity contribution is 8.00. The van der Waals surface area contributed by atoms with E-state index in [0.29, 0.717) is 0 Å². The number of anilines is 1. The predicted molar refractivity (Wildman–Crippen MR) is 70.4 cm³/mol. The molecule has 0 aliphatic heterocycles. The monoisotopic (exact) mass is 267 g/mol. The number of aryl methyl sites for hydroxylation is 1. The lowest BCUT2D eigenvalue weighted by Gasteiger charge is -2.02. The molecule has 5 nitrogen and oxygen atoms in total. The lowest BCUT2D eigenvalue weighted by Crippen LogP contribution is -2.00. The summed E-state index contributed by atoms with van der Waals surface area (Å²) < 4.78 is 0.972. The van der Waals surface area contributed by atoms with E-state index in [9.17, 15) is 0 Å². The molecule has 7 heteroatoms. The van der Waals surface area contributed by atoms with Gasteiger partial charge in [0.05, 0.1) is 18.1 Å². The molecule has 17 heavy (non-hydrogen) atoms. The van der Waals surface area contributed by atoms with Gasteiger partial charge in [0.1, 0.15) is 10.8 Å². The molecule has 2 heterocycles. The molecule has 0 spiro atoms. The third kappa shape index (κ3) is 3.64. The molecule has 0 saturated carbocycles. The Labute approximate surface area is 108 Å². The normalized spacial score (nSPS) is 10.5. The fourth-order valence-corrected chi connectivity index (χ4v) is 2.88. The highest BCUT2D eigenvalue weighted by Gasteiger charge is 2.03. The number of thioether (sulfide) groups is 1. The van der Waals surface area contributed by atoms with Crippen molar-refractivity contribution in [3.05, 3.63) is 23.1 Å². The van der Waals surface area contributed by atoms with Crippen LogP contribution in [0.4, 0.5) is 5.82 Å². The van der Waals surface area contributed by atoms with Gasteiger partial charge in [-0.3, -0.25) is 4.98 Å². The maximum atomic E-state index is 4.33. The molecular formula is C10H13N5S2. The summed E-state index contributed by atoms with van der Waals surface area (Å²) in [6, 6.07) is 0. The summed E-state index contributed by atoms with van der Waals surface area (Å²) in [6.07, 6.45) is 3.55. The fourth-order valence-electron chi connectivity index (χ4n) is 1.17. The van der Waals surface area contributed by atoms with E-state index in [0.717, 1.165) is 33.2 Å². The molecule has 0 bridgehead atoms. The quantitative estimate of drug-likeness (QED) is 0.839. The summed E-state index contributed by atoms with van der Waals surface area (Å²) in [4.78, 5) is 8.60. The van der Waals surface area contributed by atoms with Crippen LogP contribution in [-0.4, -0.2) is 26.7 Å². The molecule has 0 aliphatic carbocycles. The van der Waals surface area contributed by atoms with Gasteiger partial charge in [0.15, 0.2) is 4.34 Å². The third-order valence-electron chi connectivity index (χ3n) is 1.91. The highest BCUT2D eigenvalue weighted by Crippen LogP contribution is 2.24. The molecule has 2 rings (SSSR count). The Morgan fingerprint density at radius 3 is 2.76 bits per heavy atom. The molecule has 0 fully saturated rings. The van der Waals surface area contributed by atoms with Crippen LogP contribution in [0.15, 0.2) is 16.7 Å². The Bertz CT molecular complexity index is 468. The molecule has 0 radical (unpaired) electrons. The number of nitrogens with zero attached hydrogens (tertiary/aromatic N) is 4. The van der Waals surface area contributed by atoms with Gasteiger partial charge >= 0.3 is 0 Å². The van der Waals surface area contributed by atoms with Crippen molar-refractivity contribution in [3.8, 4) is 0 Å². The molecular weight excluding hydrogens is 254 g/mol. The molecule has 0 aromatic carbocycles. The summed E-state index contributed by atoms with van der Waals surface area (Å²) in [7, 11) is 0. The van der Waals surface area contributed by atoms with Crippen LogP contribution in [0.5, 0.6) is 0 Å². The third-order valence-corrected chi connectivity index (χ3v) is 3.92. The Kier molecular flexibility index (Phi) is 4.27. The van der Waals surface area contributed by atoms with Crippen molar-refractivity contribution < 1.29 is 0 Å². The van der Waals surface area contributed by atoms with Crippen molar-refractivity contribution in [2.45, 2.75) is 23.9 Å². The molecule has 2 aromatic heterocycles. The van der Waals surface area contributed by atoms with E-state index < -0.39 is 0 Å². The van der Waals surface area contributed by atoms with Gasteiger partial charge in [-0.2, -0.15) is 0 Å². The van der Waals surface area contributed by atoms with E-state index in [1.807, 2.05) is 13.8 Å². The standard InChI is InChI=1S/C10H13N5S2/c1-3-11-9-5-12-8(4-13-9)6-16-10-15-14-7(2)17-10/h4-5H,3,6H2,1-2H3,(H,11,13). The van der Waals surface area contributed by atoms with Crippen LogP contribution in [0.1, 0.15) is 17.6 Å². The number of nitrogens with one attached hydrogen (secondary N) is 1. The van der Waals surface area contributed by atoms with Crippen LogP contribution < -0.4 is 5.32 Å². The zero-order chi connectivity index (χ0) is 12.1. The molecule has 0 amide bonds. The smallest absolute Gasteiger partial charge is 0.174 e.